The van der Waals surface area contributed by atoms with Crippen LogP contribution in [0.1, 0.15) is 27.2 Å². The highest BCUT2D eigenvalue weighted by Crippen LogP contribution is 2.31. The van der Waals surface area contributed by atoms with Gasteiger partial charge in [-0.05, 0) is 18.3 Å². The van der Waals surface area contributed by atoms with E-state index in [-0.39, 0.29) is 6.00 Å². The van der Waals surface area contributed by atoms with E-state index in [0.29, 0.717) is 17.9 Å². The first-order valence-corrected chi connectivity index (χ1v) is 4.07. The molecule has 4 atom stereocenters. The van der Waals surface area contributed by atoms with Gasteiger partial charge in [0.25, 0.3) is 0 Å². The number of hydrogen-bond donors (Lipinski definition) is 0. The van der Waals surface area contributed by atoms with E-state index >= 15 is 0 Å². The maximum atomic E-state index is 5.71. The smallest absolute Gasteiger partial charge is 0.109 e. The zero-order chi connectivity index (χ0) is 7.72. The Bertz CT molecular complexity index is 116. The van der Waals surface area contributed by atoms with Gasteiger partial charge in [0, 0.05) is 6.00 Å². The molecule has 0 aromatic heterocycles. The summed E-state index contributed by atoms with van der Waals surface area (Å²) in [6.45, 7) is 6.52. The van der Waals surface area contributed by atoms with Gasteiger partial charge >= 0.3 is 0 Å². The molecule has 0 spiro atoms. The molecule has 0 aliphatic carbocycles. The summed E-state index contributed by atoms with van der Waals surface area (Å²) >= 11 is 0. The quantitative estimate of drug-likeness (QED) is 0.499. The molecule has 1 aliphatic rings. The average Bonchev–Trinajstić information content (AvgIpc) is 2.17. The number of ether oxygens (including phenoxy) is 1. The van der Waals surface area contributed by atoms with Crippen molar-refractivity contribution in [1.29, 1.82) is 0 Å². The van der Waals surface area contributed by atoms with E-state index in [4.69, 9.17) is 12.6 Å². The molecule has 2 heteroatoms. The van der Waals surface area contributed by atoms with Gasteiger partial charge in [-0.25, -0.2) is 0 Å². The van der Waals surface area contributed by atoms with Crippen molar-refractivity contribution in [2.75, 3.05) is 0 Å². The monoisotopic (exact) mass is 138 g/mol. The van der Waals surface area contributed by atoms with Crippen LogP contribution in [0.5, 0.6) is 0 Å². The van der Waals surface area contributed by atoms with E-state index in [1.54, 1.807) is 0 Å². The fraction of sp³-hybridized carbons (Fsp3) is 1.00. The van der Waals surface area contributed by atoms with E-state index in [1.807, 2.05) is 0 Å². The lowest BCUT2D eigenvalue weighted by atomic mass is 9.81. The van der Waals surface area contributed by atoms with E-state index < -0.39 is 0 Å². The molecule has 0 N–H and O–H groups in total. The molecule has 1 nitrogen and oxygen atoms in total. The molecular weight excluding hydrogens is 123 g/mol. The third-order valence-corrected chi connectivity index (χ3v) is 2.67. The van der Waals surface area contributed by atoms with Crippen LogP contribution >= 0.6 is 0 Å². The highest BCUT2D eigenvalue weighted by Gasteiger charge is 2.34. The van der Waals surface area contributed by atoms with Crippen molar-refractivity contribution in [2.24, 2.45) is 11.8 Å². The largest absolute Gasteiger partial charge is 0.384 e. The Balaban J connectivity index is 2.53. The van der Waals surface area contributed by atoms with Gasteiger partial charge in [-0.1, -0.05) is 20.8 Å². The normalized spacial score (nSPS) is 47.9. The Labute approximate surface area is 64.6 Å². The van der Waals surface area contributed by atoms with Crippen molar-refractivity contribution >= 4 is 7.85 Å². The Morgan fingerprint density at radius 1 is 1.30 bits per heavy atom. The molecule has 1 heterocycles. The van der Waals surface area contributed by atoms with Crippen molar-refractivity contribution in [3.63, 3.8) is 0 Å². The van der Waals surface area contributed by atoms with Crippen LogP contribution in [0.3, 0.4) is 0 Å². The van der Waals surface area contributed by atoms with Gasteiger partial charge in [-0.2, -0.15) is 0 Å². The molecule has 0 aromatic rings. The van der Waals surface area contributed by atoms with Crippen LogP contribution in [0.4, 0.5) is 0 Å². The van der Waals surface area contributed by atoms with E-state index in [1.165, 1.54) is 0 Å². The topological polar surface area (TPSA) is 9.23 Å². The molecule has 56 valence electrons. The van der Waals surface area contributed by atoms with Crippen molar-refractivity contribution in [3.8, 4) is 0 Å². The zero-order valence-electron chi connectivity index (χ0n) is 7.00. The Morgan fingerprint density at radius 2 is 1.90 bits per heavy atom. The molecular formula is C8H15BO. The second-order valence-corrected chi connectivity index (χ2v) is 3.27. The van der Waals surface area contributed by atoms with Crippen LogP contribution < -0.4 is 0 Å². The first-order valence-electron chi connectivity index (χ1n) is 4.07. The Hall–Kier alpha value is 0.0249. The van der Waals surface area contributed by atoms with Crippen LogP contribution in [-0.4, -0.2) is 20.0 Å². The van der Waals surface area contributed by atoms with Gasteiger partial charge in [0.15, 0.2) is 0 Å². The molecule has 0 aromatic carbocycles. The van der Waals surface area contributed by atoms with Crippen molar-refractivity contribution in [1.82, 2.24) is 0 Å². The Morgan fingerprint density at radius 3 is 2.10 bits per heavy atom. The van der Waals surface area contributed by atoms with Crippen LogP contribution in [0.2, 0.25) is 0 Å². The fourth-order valence-corrected chi connectivity index (χ4v) is 1.56. The summed E-state index contributed by atoms with van der Waals surface area (Å²) in [6, 6.07) is -0.0278. The van der Waals surface area contributed by atoms with Crippen molar-refractivity contribution < 1.29 is 4.74 Å². The number of rotatable bonds is 1. The fourth-order valence-electron chi connectivity index (χ4n) is 1.56. The standard InChI is InChI=1S/C8H15BO/c1-4-7-5(2)6(3)8(9)10-7/h5-8H,4H2,1-3H3/t5-,6?,7-,8-/m1/s1. The summed E-state index contributed by atoms with van der Waals surface area (Å²) < 4.78 is 5.51. The second-order valence-electron chi connectivity index (χ2n) is 3.27. The molecule has 0 bridgehead atoms. The van der Waals surface area contributed by atoms with Crippen LogP contribution in [-0.2, 0) is 4.74 Å². The zero-order valence-corrected chi connectivity index (χ0v) is 7.00. The molecule has 0 amide bonds. The van der Waals surface area contributed by atoms with Gasteiger partial charge in [-0.15, -0.1) is 0 Å². The maximum absolute atomic E-state index is 5.71. The van der Waals surface area contributed by atoms with Gasteiger partial charge in [0.05, 0.1) is 6.10 Å². The maximum Gasteiger partial charge on any atom is 0.109 e. The van der Waals surface area contributed by atoms with Gasteiger partial charge in [-0.3, -0.25) is 0 Å². The molecule has 2 radical (unpaired) electrons. The predicted octanol–water partition coefficient (Wildman–Crippen LogP) is 1.56. The molecule has 1 aliphatic heterocycles. The summed E-state index contributed by atoms with van der Waals surface area (Å²) in [4.78, 5) is 0. The van der Waals surface area contributed by atoms with E-state index in [2.05, 4.69) is 20.8 Å². The highest BCUT2D eigenvalue weighted by molar-refractivity contribution is 6.11. The first-order chi connectivity index (χ1) is 4.66. The third-order valence-electron chi connectivity index (χ3n) is 2.67. The van der Waals surface area contributed by atoms with Crippen LogP contribution in [0.25, 0.3) is 0 Å². The number of hydrogen-bond acceptors (Lipinski definition) is 1. The Kier molecular flexibility index (Phi) is 2.40. The first kappa shape index (κ1) is 8.12. The lowest BCUT2D eigenvalue weighted by Crippen LogP contribution is -2.15. The lowest BCUT2D eigenvalue weighted by molar-refractivity contribution is 0.0698. The molecule has 10 heavy (non-hydrogen) atoms. The van der Waals surface area contributed by atoms with Crippen molar-refractivity contribution in [2.45, 2.75) is 39.3 Å². The minimum atomic E-state index is -0.0278. The van der Waals surface area contributed by atoms with Crippen LogP contribution in [0, 0.1) is 11.8 Å². The summed E-state index contributed by atoms with van der Waals surface area (Å²) in [5, 5.41) is 0. The SMILES string of the molecule is [B][C@@H]1O[C@H](CC)[C@H](C)C1C. The van der Waals surface area contributed by atoms with Crippen molar-refractivity contribution in [3.05, 3.63) is 0 Å². The van der Waals surface area contributed by atoms with E-state index in [9.17, 15) is 0 Å². The minimum Gasteiger partial charge on any atom is -0.384 e. The lowest BCUT2D eigenvalue weighted by Gasteiger charge is -2.13. The molecule has 1 rings (SSSR count). The predicted molar refractivity (Wildman–Crippen MR) is 43.0 cm³/mol. The van der Waals surface area contributed by atoms with Gasteiger partial charge in [0.1, 0.15) is 7.85 Å². The highest BCUT2D eigenvalue weighted by atomic mass is 16.5. The summed E-state index contributed by atoms with van der Waals surface area (Å²) in [6.07, 6.45) is 1.48. The second kappa shape index (κ2) is 2.95. The molecule has 1 unspecified atom stereocenters. The molecule has 1 fully saturated rings. The molecule has 0 saturated carbocycles. The third kappa shape index (κ3) is 1.22. The summed E-state index contributed by atoms with van der Waals surface area (Å²) in [5.41, 5.74) is 0. The summed E-state index contributed by atoms with van der Waals surface area (Å²) in [5.74, 6) is 1.14. The van der Waals surface area contributed by atoms with Crippen LogP contribution in [0.15, 0.2) is 0 Å². The van der Waals surface area contributed by atoms with Gasteiger partial charge < -0.3 is 4.74 Å². The summed E-state index contributed by atoms with van der Waals surface area (Å²) in [7, 11) is 5.71. The average molecular weight is 138 g/mol. The minimum absolute atomic E-state index is 0.0278. The van der Waals surface area contributed by atoms with E-state index in [0.717, 1.165) is 6.42 Å². The van der Waals surface area contributed by atoms with Gasteiger partial charge in [0.2, 0.25) is 0 Å². The molecule has 1 saturated heterocycles.